The SMILES string of the molecule is CCn1cc(-c2ccnc3c(C(=O)Nc4nc(C)c(C)s4)cnn23)c(C)n1. The van der Waals surface area contributed by atoms with Crippen molar-refractivity contribution in [3.8, 4) is 11.3 Å². The number of carbonyl (C=O) groups is 1. The molecular formula is C18H19N7OS. The molecule has 0 aliphatic rings. The van der Waals surface area contributed by atoms with E-state index < -0.39 is 0 Å². The lowest BCUT2D eigenvalue weighted by Gasteiger charge is -2.04. The van der Waals surface area contributed by atoms with Gasteiger partial charge in [0.25, 0.3) is 5.91 Å². The van der Waals surface area contributed by atoms with Crippen LogP contribution in [0.25, 0.3) is 16.9 Å². The minimum atomic E-state index is -0.274. The van der Waals surface area contributed by atoms with Crippen molar-refractivity contribution < 1.29 is 4.79 Å². The highest BCUT2D eigenvalue weighted by Gasteiger charge is 2.19. The Kier molecular flexibility index (Phi) is 4.23. The summed E-state index contributed by atoms with van der Waals surface area (Å²) < 4.78 is 3.55. The maximum atomic E-state index is 12.7. The van der Waals surface area contributed by atoms with Crippen LogP contribution in [0.2, 0.25) is 0 Å². The van der Waals surface area contributed by atoms with Crippen LogP contribution in [0.15, 0.2) is 24.7 Å². The first-order chi connectivity index (χ1) is 13.0. The van der Waals surface area contributed by atoms with Gasteiger partial charge >= 0.3 is 0 Å². The molecule has 1 amide bonds. The third kappa shape index (κ3) is 2.99. The summed E-state index contributed by atoms with van der Waals surface area (Å²) in [6.07, 6.45) is 5.20. The Bertz CT molecular complexity index is 1130. The Hall–Kier alpha value is -3.07. The van der Waals surface area contributed by atoms with Gasteiger partial charge in [-0.2, -0.15) is 10.2 Å². The maximum Gasteiger partial charge on any atom is 0.262 e. The van der Waals surface area contributed by atoms with E-state index in [1.807, 2.05) is 44.6 Å². The summed E-state index contributed by atoms with van der Waals surface area (Å²) in [5, 5.41) is 12.3. The number of hydrogen-bond donors (Lipinski definition) is 1. The molecule has 0 fully saturated rings. The number of amides is 1. The van der Waals surface area contributed by atoms with Gasteiger partial charge in [-0.05, 0) is 33.8 Å². The third-order valence-electron chi connectivity index (χ3n) is 4.44. The Morgan fingerprint density at radius 1 is 1.26 bits per heavy atom. The van der Waals surface area contributed by atoms with Gasteiger partial charge in [-0.3, -0.25) is 14.8 Å². The second kappa shape index (κ2) is 6.58. The van der Waals surface area contributed by atoms with Gasteiger partial charge in [0, 0.05) is 29.4 Å². The van der Waals surface area contributed by atoms with Crippen molar-refractivity contribution in [2.75, 3.05) is 5.32 Å². The fourth-order valence-electron chi connectivity index (χ4n) is 2.88. The van der Waals surface area contributed by atoms with Crippen molar-refractivity contribution >= 4 is 28.0 Å². The highest BCUT2D eigenvalue weighted by Crippen LogP contribution is 2.25. The van der Waals surface area contributed by atoms with Gasteiger partial charge < -0.3 is 0 Å². The summed E-state index contributed by atoms with van der Waals surface area (Å²) >= 11 is 1.45. The number of aryl methyl sites for hydroxylation is 4. The van der Waals surface area contributed by atoms with E-state index in [4.69, 9.17) is 0 Å². The van der Waals surface area contributed by atoms with Crippen LogP contribution in [-0.2, 0) is 6.54 Å². The van der Waals surface area contributed by atoms with Crippen molar-refractivity contribution in [1.82, 2.24) is 29.4 Å². The average molecular weight is 381 g/mol. The van der Waals surface area contributed by atoms with Crippen molar-refractivity contribution in [1.29, 1.82) is 0 Å². The van der Waals surface area contributed by atoms with Crippen LogP contribution in [0.5, 0.6) is 0 Å². The number of rotatable bonds is 4. The number of thiazole rings is 1. The highest BCUT2D eigenvalue weighted by molar-refractivity contribution is 7.15. The minimum Gasteiger partial charge on any atom is -0.298 e. The van der Waals surface area contributed by atoms with Crippen LogP contribution in [-0.4, -0.2) is 35.3 Å². The number of hydrogen-bond acceptors (Lipinski definition) is 6. The standard InChI is InChI=1S/C18H19N7OS/c1-5-24-9-14(11(3)23-24)15-6-7-19-16-13(8-20-25(15)16)17(26)22-18-21-10(2)12(4)27-18/h6-9H,5H2,1-4H3,(H,21,22,26). The lowest BCUT2D eigenvalue weighted by atomic mass is 10.2. The van der Waals surface area contributed by atoms with E-state index in [0.717, 1.165) is 34.1 Å². The summed E-state index contributed by atoms with van der Waals surface area (Å²) in [6, 6.07) is 1.87. The minimum absolute atomic E-state index is 0.274. The Morgan fingerprint density at radius 3 is 2.74 bits per heavy atom. The molecule has 8 nitrogen and oxygen atoms in total. The van der Waals surface area contributed by atoms with Crippen LogP contribution in [0.3, 0.4) is 0 Å². The molecule has 138 valence electrons. The number of fused-ring (bicyclic) bond motifs is 1. The predicted octanol–water partition coefficient (Wildman–Crippen LogP) is 3.25. The predicted molar refractivity (Wildman–Crippen MR) is 104 cm³/mol. The number of anilines is 1. The quantitative estimate of drug-likeness (QED) is 0.586. The molecule has 0 aliphatic heterocycles. The second-order valence-corrected chi connectivity index (χ2v) is 7.43. The Labute approximate surface area is 159 Å². The average Bonchev–Trinajstić information content (AvgIpc) is 3.32. The van der Waals surface area contributed by atoms with Gasteiger partial charge in [-0.1, -0.05) is 0 Å². The van der Waals surface area contributed by atoms with Crippen molar-refractivity contribution in [3.05, 3.63) is 46.5 Å². The van der Waals surface area contributed by atoms with Crippen molar-refractivity contribution in [2.45, 2.75) is 34.2 Å². The number of nitrogens with zero attached hydrogens (tertiary/aromatic N) is 6. The van der Waals surface area contributed by atoms with Crippen LogP contribution in [0, 0.1) is 20.8 Å². The molecule has 0 aromatic carbocycles. The van der Waals surface area contributed by atoms with E-state index in [0.29, 0.717) is 16.3 Å². The van der Waals surface area contributed by atoms with Gasteiger partial charge in [0.1, 0.15) is 5.56 Å². The summed E-state index contributed by atoms with van der Waals surface area (Å²) in [6.45, 7) is 8.68. The molecule has 0 spiro atoms. The first kappa shape index (κ1) is 17.3. The summed E-state index contributed by atoms with van der Waals surface area (Å²) in [5.41, 5.74) is 4.53. The number of carbonyl (C=O) groups excluding carboxylic acids is 1. The summed E-state index contributed by atoms with van der Waals surface area (Å²) in [7, 11) is 0. The molecule has 0 atom stereocenters. The molecule has 0 unspecified atom stereocenters. The fraction of sp³-hybridized carbons (Fsp3) is 0.278. The molecule has 0 saturated carbocycles. The largest absolute Gasteiger partial charge is 0.298 e. The lowest BCUT2D eigenvalue weighted by molar-refractivity contribution is 0.102. The topological polar surface area (TPSA) is 90.0 Å². The molecule has 0 saturated heterocycles. The van der Waals surface area contributed by atoms with Crippen LogP contribution in [0.4, 0.5) is 5.13 Å². The molecule has 9 heteroatoms. The smallest absolute Gasteiger partial charge is 0.262 e. The van der Waals surface area contributed by atoms with E-state index >= 15 is 0 Å². The van der Waals surface area contributed by atoms with Crippen LogP contribution in [0.1, 0.15) is 33.5 Å². The molecule has 4 aromatic heterocycles. The first-order valence-corrected chi connectivity index (χ1v) is 9.42. The molecule has 0 bridgehead atoms. The monoisotopic (exact) mass is 381 g/mol. The van der Waals surface area contributed by atoms with Gasteiger partial charge in [-0.15, -0.1) is 11.3 Å². The second-order valence-electron chi connectivity index (χ2n) is 6.22. The van der Waals surface area contributed by atoms with Crippen LogP contribution >= 0.6 is 11.3 Å². The van der Waals surface area contributed by atoms with E-state index in [2.05, 4.69) is 25.5 Å². The van der Waals surface area contributed by atoms with E-state index in [-0.39, 0.29) is 5.91 Å². The molecule has 1 N–H and O–H groups in total. The normalized spacial score (nSPS) is 11.3. The summed E-state index contributed by atoms with van der Waals surface area (Å²) in [5.74, 6) is -0.274. The summed E-state index contributed by atoms with van der Waals surface area (Å²) in [4.78, 5) is 22.5. The maximum absolute atomic E-state index is 12.7. The lowest BCUT2D eigenvalue weighted by Crippen LogP contribution is -2.12. The van der Waals surface area contributed by atoms with E-state index in [1.54, 1.807) is 10.7 Å². The Morgan fingerprint density at radius 2 is 2.07 bits per heavy atom. The molecule has 27 heavy (non-hydrogen) atoms. The van der Waals surface area contributed by atoms with Gasteiger partial charge in [0.05, 0.1) is 23.3 Å². The third-order valence-corrected chi connectivity index (χ3v) is 5.43. The van der Waals surface area contributed by atoms with Gasteiger partial charge in [0.2, 0.25) is 0 Å². The van der Waals surface area contributed by atoms with Crippen molar-refractivity contribution in [3.63, 3.8) is 0 Å². The highest BCUT2D eigenvalue weighted by atomic mass is 32.1. The van der Waals surface area contributed by atoms with Gasteiger partial charge in [0.15, 0.2) is 10.8 Å². The molecule has 4 rings (SSSR count). The zero-order valence-electron chi connectivity index (χ0n) is 15.5. The zero-order chi connectivity index (χ0) is 19.1. The molecule has 0 aliphatic carbocycles. The first-order valence-electron chi connectivity index (χ1n) is 8.60. The van der Waals surface area contributed by atoms with Gasteiger partial charge in [-0.25, -0.2) is 14.5 Å². The molecular weight excluding hydrogens is 362 g/mol. The van der Waals surface area contributed by atoms with E-state index in [9.17, 15) is 4.79 Å². The number of aromatic nitrogens is 6. The zero-order valence-corrected chi connectivity index (χ0v) is 16.3. The molecule has 0 radical (unpaired) electrons. The molecule has 4 heterocycles. The van der Waals surface area contributed by atoms with Crippen LogP contribution < -0.4 is 5.32 Å². The fourth-order valence-corrected chi connectivity index (χ4v) is 3.69. The molecule has 4 aromatic rings. The number of nitrogens with one attached hydrogen (secondary N) is 1. The van der Waals surface area contributed by atoms with Crippen molar-refractivity contribution in [2.24, 2.45) is 0 Å². The Balaban J connectivity index is 1.73. The van der Waals surface area contributed by atoms with E-state index in [1.165, 1.54) is 17.5 Å².